The van der Waals surface area contributed by atoms with Crippen LogP contribution >= 0.6 is 0 Å². The standard InChI is InChI=1S/C9H14O/c1-3-9(10-2)8-6-4-5-7-8/h1,8-9H,4-7H2,2H3. The molecule has 1 rings (SSSR count). The molecule has 1 aliphatic carbocycles. The van der Waals surface area contributed by atoms with Crippen LogP contribution in [0.3, 0.4) is 0 Å². The lowest BCUT2D eigenvalue weighted by Gasteiger charge is -2.15. The second kappa shape index (κ2) is 3.63. The molecule has 56 valence electrons. The molecule has 0 amide bonds. The van der Waals surface area contributed by atoms with E-state index in [1.807, 2.05) is 0 Å². The van der Waals surface area contributed by atoms with Gasteiger partial charge in [0, 0.05) is 7.11 Å². The Bertz CT molecular complexity index is 128. The minimum Gasteiger partial charge on any atom is -0.368 e. The molecule has 1 atom stereocenters. The predicted molar refractivity (Wildman–Crippen MR) is 41.6 cm³/mol. The molecule has 1 heteroatoms. The van der Waals surface area contributed by atoms with Gasteiger partial charge in [-0.3, -0.25) is 0 Å². The van der Waals surface area contributed by atoms with E-state index in [9.17, 15) is 0 Å². The summed E-state index contributed by atoms with van der Waals surface area (Å²) in [5.41, 5.74) is 0. The SMILES string of the molecule is C#CC(OC)C1CCCC1. The Morgan fingerprint density at radius 3 is 2.50 bits per heavy atom. The molecule has 0 saturated heterocycles. The lowest BCUT2D eigenvalue weighted by atomic mass is 10.0. The van der Waals surface area contributed by atoms with Gasteiger partial charge in [0.25, 0.3) is 0 Å². The summed E-state index contributed by atoms with van der Waals surface area (Å²) in [7, 11) is 1.70. The largest absolute Gasteiger partial charge is 0.368 e. The van der Waals surface area contributed by atoms with Crippen LogP contribution in [-0.4, -0.2) is 13.2 Å². The van der Waals surface area contributed by atoms with Gasteiger partial charge < -0.3 is 4.74 Å². The normalized spacial score (nSPS) is 22.4. The van der Waals surface area contributed by atoms with Gasteiger partial charge in [-0.1, -0.05) is 18.8 Å². The van der Waals surface area contributed by atoms with Gasteiger partial charge in [-0.15, -0.1) is 6.42 Å². The van der Waals surface area contributed by atoms with Gasteiger partial charge in [-0.25, -0.2) is 0 Å². The number of methoxy groups -OCH3 is 1. The maximum atomic E-state index is 5.29. The zero-order chi connectivity index (χ0) is 7.40. The van der Waals surface area contributed by atoms with Crippen molar-refractivity contribution in [1.82, 2.24) is 0 Å². The molecule has 0 spiro atoms. The first kappa shape index (κ1) is 7.63. The zero-order valence-electron chi connectivity index (χ0n) is 6.47. The highest BCUT2D eigenvalue weighted by Crippen LogP contribution is 2.28. The van der Waals surface area contributed by atoms with Gasteiger partial charge in [0.15, 0.2) is 0 Å². The molecular weight excluding hydrogens is 124 g/mol. The van der Waals surface area contributed by atoms with Crippen molar-refractivity contribution in [3.8, 4) is 12.3 Å². The van der Waals surface area contributed by atoms with E-state index < -0.39 is 0 Å². The number of hydrogen-bond acceptors (Lipinski definition) is 1. The van der Waals surface area contributed by atoms with Crippen LogP contribution in [0.4, 0.5) is 0 Å². The number of rotatable bonds is 2. The molecule has 1 saturated carbocycles. The van der Waals surface area contributed by atoms with E-state index in [0.717, 1.165) is 0 Å². The first-order chi connectivity index (χ1) is 4.88. The van der Waals surface area contributed by atoms with E-state index in [0.29, 0.717) is 5.92 Å². The summed E-state index contributed by atoms with van der Waals surface area (Å²) in [6.07, 6.45) is 10.5. The summed E-state index contributed by atoms with van der Waals surface area (Å²) in [4.78, 5) is 0. The molecule has 1 aliphatic rings. The lowest BCUT2D eigenvalue weighted by molar-refractivity contribution is 0.0995. The maximum absolute atomic E-state index is 5.29. The van der Waals surface area contributed by atoms with Crippen molar-refractivity contribution in [3.05, 3.63) is 0 Å². The van der Waals surface area contributed by atoms with Crippen LogP contribution in [0.2, 0.25) is 0 Å². The van der Waals surface area contributed by atoms with E-state index in [2.05, 4.69) is 5.92 Å². The molecule has 1 unspecified atom stereocenters. The summed E-state index contributed by atoms with van der Waals surface area (Å²) >= 11 is 0. The van der Waals surface area contributed by atoms with Crippen molar-refractivity contribution >= 4 is 0 Å². The van der Waals surface area contributed by atoms with Crippen molar-refractivity contribution in [3.63, 3.8) is 0 Å². The van der Waals surface area contributed by atoms with Crippen molar-refractivity contribution in [2.24, 2.45) is 5.92 Å². The first-order valence-corrected chi connectivity index (χ1v) is 3.87. The molecule has 0 aromatic rings. The van der Waals surface area contributed by atoms with E-state index in [1.54, 1.807) is 7.11 Å². The van der Waals surface area contributed by atoms with Crippen LogP contribution in [0, 0.1) is 18.3 Å². The topological polar surface area (TPSA) is 9.23 Å². The molecule has 1 fully saturated rings. The third-order valence-corrected chi connectivity index (χ3v) is 2.25. The van der Waals surface area contributed by atoms with Crippen LogP contribution < -0.4 is 0 Å². The monoisotopic (exact) mass is 138 g/mol. The van der Waals surface area contributed by atoms with Gasteiger partial charge in [0.1, 0.15) is 6.10 Å². The van der Waals surface area contributed by atoms with Crippen molar-refractivity contribution in [1.29, 1.82) is 0 Å². The molecule has 0 N–H and O–H groups in total. The van der Waals surface area contributed by atoms with Gasteiger partial charge in [0.2, 0.25) is 0 Å². The Hall–Kier alpha value is -0.480. The van der Waals surface area contributed by atoms with Crippen LogP contribution in [0.25, 0.3) is 0 Å². The summed E-state index contributed by atoms with van der Waals surface area (Å²) in [5.74, 6) is 3.31. The highest BCUT2D eigenvalue weighted by molar-refractivity contribution is 4.99. The van der Waals surface area contributed by atoms with Gasteiger partial charge in [-0.05, 0) is 18.8 Å². The van der Waals surface area contributed by atoms with Gasteiger partial charge in [-0.2, -0.15) is 0 Å². The second-order valence-corrected chi connectivity index (χ2v) is 2.87. The minimum atomic E-state index is 0.0718. The highest BCUT2D eigenvalue weighted by atomic mass is 16.5. The van der Waals surface area contributed by atoms with Crippen LogP contribution in [-0.2, 0) is 4.74 Å². The fraction of sp³-hybridized carbons (Fsp3) is 0.778. The fourth-order valence-corrected chi connectivity index (χ4v) is 1.66. The molecule has 0 aliphatic heterocycles. The van der Waals surface area contributed by atoms with Crippen LogP contribution in [0.15, 0.2) is 0 Å². The Kier molecular flexibility index (Phi) is 2.77. The average Bonchev–Trinajstić information content (AvgIpc) is 2.43. The number of ether oxygens (including phenoxy) is 1. The Morgan fingerprint density at radius 1 is 1.50 bits per heavy atom. The summed E-state index contributed by atoms with van der Waals surface area (Å²) in [6, 6.07) is 0. The van der Waals surface area contributed by atoms with E-state index in [4.69, 9.17) is 11.2 Å². The molecule has 0 aromatic heterocycles. The van der Waals surface area contributed by atoms with Crippen LogP contribution in [0.5, 0.6) is 0 Å². The van der Waals surface area contributed by atoms with Crippen molar-refractivity contribution in [2.75, 3.05) is 7.11 Å². The molecule has 10 heavy (non-hydrogen) atoms. The van der Waals surface area contributed by atoms with E-state index >= 15 is 0 Å². The zero-order valence-corrected chi connectivity index (χ0v) is 6.47. The average molecular weight is 138 g/mol. The Morgan fingerprint density at radius 2 is 2.10 bits per heavy atom. The molecule has 0 bridgehead atoms. The highest BCUT2D eigenvalue weighted by Gasteiger charge is 2.22. The maximum Gasteiger partial charge on any atom is 0.120 e. The quantitative estimate of drug-likeness (QED) is 0.529. The number of terminal acetylenes is 1. The smallest absolute Gasteiger partial charge is 0.120 e. The lowest BCUT2D eigenvalue weighted by Crippen LogP contribution is -2.17. The third kappa shape index (κ3) is 1.52. The van der Waals surface area contributed by atoms with Crippen molar-refractivity contribution < 1.29 is 4.74 Å². The first-order valence-electron chi connectivity index (χ1n) is 3.87. The Labute approximate surface area is 62.8 Å². The molecule has 0 heterocycles. The van der Waals surface area contributed by atoms with Gasteiger partial charge in [0.05, 0.1) is 0 Å². The fourth-order valence-electron chi connectivity index (χ4n) is 1.66. The predicted octanol–water partition coefficient (Wildman–Crippen LogP) is 1.82. The molecule has 1 nitrogen and oxygen atoms in total. The third-order valence-electron chi connectivity index (χ3n) is 2.25. The second-order valence-electron chi connectivity index (χ2n) is 2.87. The summed E-state index contributed by atoms with van der Waals surface area (Å²) in [5, 5.41) is 0. The van der Waals surface area contributed by atoms with E-state index in [-0.39, 0.29) is 6.10 Å². The van der Waals surface area contributed by atoms with Gasteiger partial charge >= 0.3 is 0 Å². The molecule has 0 aromatic carbocycles. The molecular formula is C9H14O. The molecule has 0 radical (unpaired) electrons. The number of hydrogen-bond donors (Lipinski definition) is 0. The Balaban J connectivity index is 2.38. The minimum absolute atomic E-state index is 0.0718. The summed E-state index contributed by atoms with van der Waals surface area (Å²) < 4.78 is 5.15. The summed E-state index contributed by atoms with van der Waals surface area (Å²) in [6.45, 7) is 0. The van der Waals surface area contributed by atoms with Crippen molar-refractivity contribution in [2.45, 2.75) is 31.8 Å². The van der Waals surface area contributed by atoms with E-state index in [1.165, 1.54) is 25.7 Å². The van der Waals surface area contributed by atoms with Crippen LogP contribution in [0.1, 0.15) is 25.7 Å².